The van der Waals surface area contributed by atoms with Crippen LogP contribution in [0.25, 0.3) is 0 Å². The lowest BCUT2D eigenvalue weighted by molar-refractivity contribution is -0.193. The maximum absolute atomic E-state index is 10.6. The maximum Gasteiger partial charge on any atom is 0.490 e. The fourth-order valence-corrected chi connectivity index (χ4v) is 3.28. The van der Waals surface area contributed by atoms with Gasteiger partial charge in [-0.1, -0.05) is 6.07 Å². The van der Waals surface area contributed by atoms with Crippen LogP contribution < -0.4 is 0 Å². The first kappa shape index (κ1) is 27.6. The Balaban J connectivity index is 0.000000305. The summed E-state index contributed by atoms with van der Waals surface area (Å²) in [6.07, 6.45) is -8.31. The van der Waals surface area contributed by atoms with Crippen LogP contribution in [0.3, 0.4) is 0 Å². The first-order valence-corrected chi connectivity index (χ1v) is 9.00. The lowest BCUT2D eigenvalue weighted by atomic mass is 9.82. The maximum atomic E-state index is 10.6. The highest BCUT2D eigenvalue weighted by molar-refractivity contribution is 5.73. The molecule has 3 rings (SSSR count). The Morgan fingerprint density at radius 1 is 1.19 bits per heavy atom. The third kappa shape index (κ3) is 8.59. The van der Waals surface area contributed by atoms with E-state index in [9.17, 15) is 26.3 Å². The van der Waals surface area contributed by atoms with Crippen LogP contribution in [0.2, 0.25) is 0 Å². The molecule has 0 radical (unpaired) electrons. The number of carboxylic acid groups (broad SMARTS) is 2. The Bertz CT molecular complexity index is 722. The third-order valence-electron chi connectivity index (χ3n) is 4.62. The molecule has 8 nitrogen and oxygen atoms in total. The molecule has 0 aromatic carbocycles. The quantitative estimate of drug-likeness (QED) is 0.638. The van der Waals surface area contributed by atoms with Gasteiger partial charge >= 0.3 is 24.3 Å². The molecule has 2 aliphatic rings. The van der Waals surface area contributed by atoms with E-state index in [0.717, 1.165) is 45.1 Å². The van der Waals surface area contributed by atoms with E-state index >= 15 is 0 Å². The van der Waals surface area contributed by atoms with Gasteiger partial charge in [0.2, 0.25) is 0 Å². The minimum absolute atomic E-state index is 0.212. The molecule has 0 spiro atoms. The Hall–Kier alpha value is -2.45. The van der Waals surface area contributed by atoms with E-state index < -0.39 is 24.3 Å². The van der Waals surface area contributed by atoms with Crippen molar-refractivity contribution in [3.63, 3.8) is 0 Å². The summed E-state index contributed by atoms with van der Waals surface area (Å²) < 4.78 is 74.5. The predicted octanol–water partition coefficient (Wildman–Crippen LogP) is 2.44. The number of nitrogens with zero attached hydrogens (tertiary/aromatic N) is 2. The monoisotopic (exact) mass is 476 g/mol. The van der Waals surface area contributed by atoms with E-state index in [-0.39, 0.29) is 5.41 Å². The number of hydrogen-bond acceptors (Lipinski definition) is 6. The molecule has 2 aliphatic heterocycles. The highest BCUT2D eigenvalue weighted by Crippen LogP contribution is 2.41. The summed E-state index contributed by atoms with van der Waals surface area (Å²) in [5.41, 5.74) is 1.36. The van der Waals surface area contributed by atoms with Crippen molar-refractivity contribution in [3.05, 3.63) is 30.1 Å². The zero-order chi connectivity index (χ0) is 24.6. The van der Waals surface area contributed by atoms with Gasteiger partial charge in [-0.15, -0.1) is 0 Å². The first-order valence-electron chi connectivity index (χ1n) is 9.00. The number of carboxylic acids is 2. The minimum Gasteiger partial charge on any atom is -0.475 e. The molecular formula is C18H22F6N2O6. The molecule has 0 saturated carbocycles. The number of methoxy groups -OCH3 is 1. The summed E-state index contributed by atoms with van der Waals surface area (Å²) in [6.45, 7) is 5.60. The second-order valence-corrected chi connectivity index (χ2v) is 7.10. The topological polar surface area (TPSA) is 109 Å². The Morgan fingerprint density at radius 2 is 1.75 bits per heavy atom. The van der Waals surface area contributed by atoms with Crippen LogP contribution in [0.5, 0.6) is 0 Å². The van der Waals surface area contributed by atoms with E-state index in [0.29, 0.717) is 5.92 Å². The number of carbonyl (C=O) groups is 2. The number of hydrogen-bond donors (Lipinski definition) is 2. The second kappa shape index (κ2) is 11.4. The van der Waals surface area contributed by atoms with Crippen LogP contribution in [0, 0.1) is 11.3 Å². The van der Waals surface area contributed by atoms with Crippen LogP contribution >= 0.6 is 0 Å². The van der Waals surface area contributed by atoms with Crippen LogP contribution in [-0.2, 0) is 25.6 Å². The number of halogens is 6. The van der Waals surface area contributed by atoms with Crippen LogP contribution in [0.4, 0.5) is 26.3 Å². The van der Waals surface area contributed by atoms with Gasteiger partial charge < -0.3 is 19.7 Å². The molecule has 182 valence electrons. The van der Waals surface area contributed by atoms with Crippen LogP contribution in [0.1, 0.15) is 5.69 Å². The molecule has 0 aliphatic carbocycles. The van der Waals surface area contributed by atoms with Crippen molar-refractivity contribution in [2.45, 2.75) is 18.9 Å². The molecule has 0 bridgehead atoms. The van der Waals surface area contributed by atoms with Gasteiger partial charge in [0.05, 0.1) is 25.5 Å². The van der Waals surface area contributed by atoms with Crippen molar-refractivity contribution in [1.29, 1.82) is 0 Å². The number of alkyl halides is 6. The smallest absolute Gasteiger partial charge is 0.475 e. The SMILES string of the molecule is COC[C@]12COC[C@H]1CN(Cc1ccccn1)C2.O=C(O)C(F)(F)F.O=C(O)C(F)(F)F. The Kier molecular flexibility index (Phi) is 9.85. The largest absolute Gasteiger partial charge is 0.490 e. The molecule has 2 saturated heterocycles. The Labute approximate surface area is 178 Å². The third-order valence-corrected chi connectivity index (χ3v) is 4.62. The lowest BCUT2D eigenvalue weighted by Crippen LogP contribution is -2.35. The minimum atomic E-state index is -5.08. The molecule has 3 heterocycles. The summed E-state index contributed by atoms with van der Waals surface area (Å²) in [4.78, 5) is 24.7. The molecule has 2 N–H and O–H groups in total. The number of ether oxygens (including phenoxy) is 2. The zero-order valence-electron chi connectivity index (χ0n) is 16.8. The molecule has 14 heteroatoms. The summed E-state index contributed by atoms with van der Waals surface area (Å²) in [5.74, 6) is -4.90. The van der Waals surface area contributed by atoms with E-state index in [2.05, 4.69) is 16.0 Å². The molecule has 0 amide bonds. The average molecular weight is 476 g/mol. The van der Waals surface area contributed by atoms with Crippen LogP contribution in [-0.4, -0.2) is 84.4 Å². The van der Waals surface area contributed by atoms with Crippen molar-refractivity contribution < 1.29 is 55.6 Å². The zero-order valence-corrected chi connectivity index (χ0v) is 16.8. The van der Waals surface area contributed by atoms with Gasteiger partial charge in [0, 0.05) is 44.3 Å². The molecule has 1 aromatic rings. The molecule has 0 unspecified atom stereocenters. The lowest BCUT2D eigenvalue weighted by Gasteiger charge is -2.26. The Morgan fingerprint density at radius 3 is 2.19 bits per heavy atom. The first-order chi connectivity index (χ1) is 14.7. The van der Waals surface area contributed by atoms with Gasteiger partial charge in [-0.3, -0.25) is 9.88 Å². The normalized spacial score (nSPS) is 22.8. The van der Waals surface area contributed by atoms with E-state index in [4.69, 9.17) is 29.3 Å². The van der Waals surface area contributed by atoms with Gasteiger partial charge in [-0.25, -0.2) is 9.59 Å². The summed E-state index contributed by atoms with van der Waals surface area (Å²) in [5, 5.41) is 14.2. The number of aromatic nitrogens is 1. The number of rotatable bonds is 4. The van der Waals surface area contributed by atoms with E-state index in [1.807, 2.05) is 18.3 Å². The fraction of sp³-hybridized carbons (Fsp3) is 0.611. The number of pyridine rings is 1. The average Bonchev–Trinajstić information content (AvgIpc) is 3.18. The number of likely N-dealkylation sites (tertiary alicyclic amines) is 1. The highest BCUT2D eigenvalue weighted by atomic mass is 19.4. The van der Waals surface area contributed by atoms with E-state index in [1.54, 1.807) is 7.11 Å². The summed E-state index contributed by atoms with van der Waals surface area (Å²) >= 11 is 0. The number of fused-ring (bicyclic) bond motifs is 1. The van der Waals surface area contributed by atoms with Crippen molar-refractivity contribution in [3.8, 4) is 0 Å². The highest BCUT2D eigenvalue weighted by Gasteiger charge is 2.50. The van der Waals surface area contributed by atoms with Crippen LogP contribution in [0.15, 0.2) is 24.4 Å². The van der Waals surface area contributed by atoms with E-state index in [1.165, 1.54) is 0 Å². The molecule has 1 aromatic heterocycles. The van der Waals surface area contributed by atoms with Crippen molar-refractivity contribution >= 4 is 11.9 Å². The summed E-state index contributed by atoms with van der Waals surface area (Å²) in [6, 6.07) is 6.10. The summed E-state index contributed by atoms with van der Waals surface area (Å²) in [7, 11) is 1.78. The molecular weight excluding hydrogens is 454 g/mol. The van der Waals surface area contributed by atoms with Crippen molar-refractivity contribution in [1.82, 2.24) is 9.88 Å². The van der Waals surface area contributed by atoms with Gasteiger partial charge in [-0.2, -0.15) is 26.3 Å². The molecule has 32 heavy (non-hydrogen) atoms. The van der Waals surface area contributed by atoms with Gasteiger partial charge in [0.15, 0.2) is 0 Å². The molecule has 2 atom stereocenters. The molecule has 2 fully saturated rings. The van der Waals surface area contributed by atoms with Gasteiger partial charge in [0.1, 0.15) is 0 Å². The number of aliphatic carboxylic acids is 2. The standard InChI is InChI=1S/C14H20N2O2.2C2HF3O2/c1-17-10-14-9-16(6-12(14)8-18-11-14)7-13-4-2-3-5-15-13;2*3-2(4,5)1(6)7/h2-5,12H,6-11H2,1H3;2*(H,6,7)/t12-,14-;;/m1../s1. The second-order valence-electron chi connectivity index (χ2n) is 7.10. The van der Waals surface area contributed by atoms with Crippen molar-refractivity contribution in [2.75, 3.05) is 40.0 Å². The van der Waals surface area contributed by atoms with Gasteiger partial charge in [-0.05, 0) is 12.1 Å². The fourth-order valence-electron chi connectivity index (χ4n) is 3.28. The predicted molar refractivity (Wildman–Crippen MR) is 95.5 cm³/mol. The van der Waals surface area contributed by atoms with Gasteiger partial charge in [0.25, 0.3) is 0 Å². The van der Waals surface area contributed by atoms with Crippen molar-refractivity contribution in [2.24, 2.45) is 11.3 Å².